The van der Waals surface area contributed by atoms with E-state index in [2.05, 4.69) is 4.90 Å². The molecule has 0 radical (unpaired) electrons. The maximum Gasteiger partial charge on any atom is 0.296 e. The molecule has 2 saturated heterocycles. The molecule has 2 aliphatic heterocycles. The molecule has 1 amide bonds. The Labute approximate surface area is 229 Å². The van der Waals surface area contributed by atoms with Gasteiger partial charge >= 0.3 is 0 Å². The van der Waals surface area contributed by atoms with Gasteiger partial charge in [-0.2, -0.15) is 5.26 Å². The number of aromatic nitrogens is 3. The van der Waals surface area contributed by atoms with Crippen LogP contribution < -0.4 is 20.9 Å². The van der Waals surface area contributed by atoms with E-state index in [0.717, 1.165) is 37.7 Å². The average Bonchev–Trinajstić information content (AvgIpc) is 3.58. The molecule has 5 rings (SSSR count). The first-order chi connectivity index (χ1) is 18.2. The summed E-state index contributed by atoms with van der Waals surface area (Å²) in [6.45, 7) is 5.07. The molecule has 4 heterocycles. The standard InChI is InChI=1S/C27H26N6O3S2/c1-16-19(23(31-12-8-9-13-31)29(3)24(34)20(16)15-28)14-21-25(35)32(27(37)38-21)22-17(2)30(4)33(26(22)36)18-10-6-5-7-11-18/h5-7,10-11,14H,8-9,12-13H2,1-4H3/b21-14-. The number of carbonyl (C=O) groups excluding carboxylic acids is 1. The minimum atomic E-state index is -0.412. The van der Waals surface area contributed by atoms with Crippen molar-refractivity contribution in [1.82, 2.24) is 13.9 Å². The van der Waals surface area contributed by atoms with E-state index in [1.54, 1.807) is 38.7 Å². The highest BCUT2D eigenvalue weighted by Crippen LogP contribution is 2.38. The molecule has 9 nitrogen and oxygen atoms in total. The molecule has 2 fully saturated rings. The van der Waals surface area contributed by atoms with Gasteiger partial charge in [-0.3, -0.25) is 28.5 Å². The van der Waals surface area contributed by atoms with Crippen molar-refractivity contribution in [1.29, 1.82) is 5.26 Å². The summed E-state index contributed by atoms with van der Waals surface area (Å²) < 4.78 is 4.95. The molecule has 1 aromatic carbocycles. The lowest BCUT2D eigenvalue weighted by Crippen LogP contribution is -2.33. The van der Waals surface area contributed by atoms with Crippen molar-refractivity contribution in [3.05, 3.63) is 78.3 Å². The van der Waals surface area contributed by atoms with Crippen LogP contribution in [0.4, 0.5) is 11.5 Å². The number of anilines is 2. The maximum absolute atomic E-state index is 13.8. The second-order valence-electron chi connectivity index (χ2n) is 9.33. The van der Waals surface area contributed by atoms with Gasteiger partial charge in [-0.05, 0) is 50.5 Å². The van der Waals surface area contributed by atoms with E-state index in [9.17, 15) is 19.6 Å². The number of rotatable bonds is 4. The normalized spacial score (nSPS) is 16.7. The quantitative estimate of drug-likeness (QED) is 0.366. The highest BCUT2D eigenvalue weighted by Gasteiger charge is 2.38. The molecular formula is C27H26N6O3S2. The van der Waals surface area contributed by atoms with Crippen LogP contribution in [-0.2, 0) is 18.9 Å². The van der Waals surface area contributed by atoms with Crippen LogP contribution in [0.15, 0.2) is 44.8 Å². The number of carbonyl (C=O) groups is 1. The van der Waals surface area contributed by atoms with Crippen LogP contribution in [-0.4, -0.2) is 37.2 Å². The van der Waals surface area contributed by atoms with Gasteiger partial charge < -0.3 is 4.90 Å². The minimum absolute atomic E-state index is 0.0434. The zero-order valence-electron chi connectivity index (χ0n) is 21.5. The molecule has 11 heteroatoms. The van der Waals surface area contributed by atoms with Gasteiger partial charge in [0.2, 0.25) is 0 Å². The molecule has 0 bridgehead atoms. The van der Waals surface area contributed by atoms with Gasteiger partial charge in [-0.25, -0.2) is 4.68 Å². The number of nitrogens with zero attached hydrogens (tertiary/aromatic N) is 6. The molecule has 194 valence electrons. The van der Waals surface area contributed by atoms with E-state index in [1.807, 2.05) is 36.4 Å². The fourth-order valence-electron chi connectivity index (χ4n) is 5.13. The Balaban J connectivity index is 1.65. The molecule has 0 saturated carbocycles. The van der Waals surface area contributed by atoms with Gasteiger partial charge in [0.25, 0.3) is 17.0 Å². The molecule has 0 aliphatic carbocycles. The Morgan fingerprint density at radius 3 is 2.32 bits per heavy atom. The number of hydrogen-bond donors (Lipinski definition) is 0. The van der Waals surface area contributed by atoms with Crippen LogP contribution in [0.1, 0.15) is 35.2 Å². The summed E-state index contributed by atoms with van der Waals surface area (Å²) in [6, 6.07) is 11.2. The number of amides is 1. The summed E-state index contributed by atoms with van der Waals surface area (Å²) in [5.74, 6) is 0.265. The van der Waals surface area contributed by atoms with Gasteiger partial charge in [0, 0.05) is 32.7 Å². The fourth-order valence-corrected chi connectivity index (χ4v) is 6.38. The van der Waals surface area contributed by atoms with Crippen LogP contribution in [0.5, 0.6) is 0 Å². The lowest BCUT2D eigenvalue weighted by molar-refractivity contribution is -0.113. The zero-order chi connectivity index (χ0) is 27.3. The second kappa shape index (κ2) is 9.78. The Morgan fingerprint density at radius 2 is 1.68 bits per heavy atom. The van der Waals surface area contributed by atoms with Gasteiger partial charge in [-0.1, -0.05) is 42.2 Å². The summed E-state index contributed by atoms with van der Waals surface area (Å²) in [5.41, 5.74) is 1.96. The van der Waals surface area contributed by atoms with Crippen LogP contribution in [0.2, 0.25) is 0 Å². The smallest absolute Gasteiger partial charge is 0.296 e. The third kappa shape index (κ3) is 3.92. The predicted molar refractivity (Wildman–Crippen MR) is 154 cm³/mol. The monoisotopic (exact) mass is 546 g/mol. The third-order valence-electron chi connectivity index (χ3n) is 7.19. The van der Waals surface area contributed by atoms with Gasteiger partial charge in [0.05, 0.1) is 16.3 Å². The first kappa shape index (κ1) is 25.8. The van der Waals surface area contributed by atoms with Crippen LogP contribution in [0.25, 0.3) is 11.8 Å². The van der Waals surface area contributed by atoms with E-state index in [0.29, 0.717) is 33.2 Å². The Hall–Kier alpha value is -3.88. The zero-order valence-corrected chi connectivity index (χ0v) is 23.2. The molecule has 0 spiro atoms. The summed E-state index contributed by atoms with van der Waals surface area (Å²) in [4.78, 5) is 44.0. The molecule has 38 heavy (non-hydrogen) atoms. The van der Waals surface area contributed by atoms with Crippen molar-refractivity contribution in [3.63, 3.8) is 0 Å². The van der Waals surface area contributed by atoms with Crippen molar-refractivity contribution in [2.75, 3.05) is 22.9 Å². The summed E-state index contributed by atoms with van der Waals surface area (Å²) >= 11 is 6.71. The number of nitriles is 1. The topological polar surface area (TPSA) is 96.3 Å². The van der Waals surface area contributed by atoms with Gasteiger partial charge in [0.1, 0.15) is 23.1 Å². The fraction of sp³-hybridized carbons (Fsp3) is 0.296. The van der Waals surface area contributed by atoms with Crippen molar-refractivity contribution in [3.8, 4) is 11.8 Å². The molecule has 0 atom stereocenters. The van der Waals surface area contributed by atoms with Crippen molar-refractivity contribution < 1.29 is 4.79 Å². The second-order valence-corrected chi connectivity index (χ2v) is 11.0. The van der Waals surface area contributed by atoms with Gasteiger partial charge in [-0.15, -0.1) is 0 Å². The molecule has 2 aromatic heterocycles. The number of pyridine rings is 1. The van der Waals surface area contributed by atoms with Crippen molar-refractivity contribution in [2.45, 2.75) is 26.7 Å². The number of para-hydroxylation sites is 1. The number of hydrogen-bond acceptors (Lipinski definition) is 7. The van der Waals surface area contributed by atoms with E-state index < -0.39 is 5.91 Å². The van der Waals surface area contributed by atoms with E-state index in [4.69, 9.17) is 12.2 Å². The Kier molecular flexibility index (Phi) is 6.63. The summed E-state index contributed by atoms with van der Waals surface area (Å²) in [5, 5.41) is 9.70. The lowest BCUT2D eigenvalue weighted by Gasteiger charge is -2.25. The molecular weight excluding hydrogens is 520 g/mol. The Morgan fingerprint density at radius 1 is 1.03 bits per heavy atom. The molecule has 0 unspecified atom stereocenters. The molecule has 0 N–H and O–H groups in total. The predicted octanol–water partition coefficient (Wildman–Crippen LogP) is 3.37. The maximum atomic E-state index is 13.8. The lowest BCUT2D eigenvalue weighted by atomic mass is 10.0. The molecule has 3 aromatic rings. The summed E-state index contributed by atoms with van der Waals surface area (Å²) in [6.07, 6.45) is 3.70. The summed E-state index contributed by atoms with van der Waals surface area (Å²) in [7, 11) is 3.42. The number of benzene rings is 1. The highest BCUT2D eigenvalue weighted by atomic mass is 32.2. The first-order valence-electron chi connectivity index (χ1n) is 12.2. The van der Waals surface area contributed by atoms with E-state index in [1.165, 1.54) is 14.1 Å². The number of thiocarbonyl (C=S) groups is 1. The van der Waals surface area contributed by atoms with Crippen LogP contribution >= 0.6 is 24.0 Å². The van der Waals surface area contributed by atoms with E-state index >= 15 is 0 Å². The van der Waals surface area contributed by atoms with E-state index in [-0.39, 0.29) is 26.7 Å². The van der Waals surface area contributed by atoms with Gasteiger partial charge in [0.15, 0.2) is 4.32 Å². The average molecular weight is 547 g/mol. The SMILES string of the molecule is Cc1c(/C=C2\SC(=S)N(c3c(C)n(C)n(-c4ccccc4)c3=O)C2=O)c(N2CCCC2)n(C)c(=O)c1C#N. The Bertz CT molecular complexity index is 1680. The van der Waals surface area contributed by atoms with Crippen LogP contribution in [0, 0.1) is 25.2 Å². The number of thioether (sulfide) groups is 1. The highest BCUT2D eigenvalue weighted by molar-refractivity contribution is 8.27. The minimum Gasteiger partial charge on any atom is -0.357 e. The molecule has 2 aliphatic rings. The van der Waals surface area contributed by atoms with Crippen molar-refractivity contribution >= 4 is 51.8 Å². The third-order valence-corrected chi connectivity index (χ3v) is 8.49. The first-order valence-corrected chi connectivity index (χ1v) is 13.4. The van der Waals surface area contributed by atoms with Crippen molar-refractivity contribution in [2.24, 2.45) is 14.1 Å². The largest absolute Gasteiger partial charge is 0.357 e. The van der Waals surface area contributed by atoms with Crippen LogP contribution in [0.3, 0.4) is 0 Å².